The van der Waals surface area contributed by atoms with Crippen molar-refractivity contribution in [3.05, 3.63) is 111 Å². The van der Waals surface area contributed by atoms with Crippen LogP contribution >= 0.6 is 0 Å². The number of carbonyl (C=O) groups excluding carboxylic acids is 1. The Kier molecular flexibility index (Phi) is 6.54. The van der Waals surface area contributed by atoms with E-state index in [0.717, 1.165) is 45.8 Å². The SMILES string of the molecule is Cc1ccc(OCc2cc(C)cc(C3C(C#N)=C(N)N(c4cccnc4)C4=C3C(=O)CCC4)c2C)cc1. The lowest BCUT2D eigenvalue weighted by molar-refractivity contribution is -0.116. The number of ketones is 1. The van der Waals surface area contributed by atoms with Gasteiger partial charge in [0.05, 0.1) is 29.4 Å². The molecule has 186 valence electrons. The van der Waals surface area contributed by atoms with Crippen molar-refractivity contribution in [3.8, 4) is 11.8 Å². The van der Waals surface area contributed by atoms with Gasteiger partial charge in [0, 0.05) is 23.9 Å². The highest BCUT2D eigenvalue weighted by atomic mass is 16.5. The zero-order chi connectivity index (χ0) is 26.1. The zero-order valence-corrected chi connectivity index (χ0v) is 21.4. The molecule has 1 aromatic heterocycles. The van der Waals surface area contributed by atoms with E-state index in [2.05, 4.69) is 23.2 Å². The van der Waals surface area contributed by atoms with E-state index in [4.69, 9.17) is 10.5 Å². The molecule has 2 N–H and O–H groups in total. The molecule has 5 rings (SSSR count). The standard InChI is InChI=1S/C31H30N4O2/c1-19-9-11-24(12-10-19)37-18-22-14-20(2)15-25(21(22)3)29-26(16-32)31(33)35(23-6-5-13-34-17-23)27-7-4-8-28(36)30(27)29/h5-6,9-15,17,29H,4,7-8,18,33H2,1-3H3. The lowest BCUT2D eigenvalue weighted by atomic mass is 9.73. The number of hydrogen-bond acceptors (Lipinski definition) is 6. The van der Waals surface area contributed by atoms with Crippen LogP contribution in [0.4, 0.5) is 5.69 Å². The van der Waals surface area contributed by atoms with Gasteiger partial charge in [0.2, 0.25) is 0 Å². The van der Waals surface area contributed by atoms with Gasteiger partial charge in [-0.3, -0.25) is 14.7 Å². The maximum Gasteiger partial charge on any atom is 0.161 e. The average molecular weight is 491 g/mol. The predicted octanol–water partition coefficient (Wildman–Crippen LogP) is 5.89. The third-order valence-electron chi connectivity index (χ3n) is 7.24. The number of nitrogens with two attached hydrogens (primary N) is 1. The summed E-state index contributed by atoms with van der Waals surface area (Å²) in [6, 6.07) is 18.2. The van der Waals surface area contributed by atoms with Crippen LogP contribution in [-0.2, 0) is 11.4 Å². The van der Waals surface area contributed by atoms with Crippen LogP contribution in [-0.4, -0.2) is 10.8 Å². The first-order valence-corrected chi connectivity index (χ1v) is 12.5. The number of carbonyl (C=O) groups is 1. The molecule has 1 aliphatic heterocycles. The molecular formula is C31H30N4O2. The summed E-state index contributed by atoms with van der Waals surface area (Å²) >= 11 is 0. The average Bonchev–Trinajstić information content (AvgIpc) is 2.90. The molecule has 0 spiro atoms. The summed E-state index contributed by atoms with van der Waals surface area (Å²) in [4.78, 5) is 19.6. The van der Waals surface area contributed by atoms with Crippen molar-refractivity contribution in [3.63, 3.8) is 0 Å². The molecule has 2 heterocycles. The Labute approximate surface area is 217 Å². The van der Waals surface area contributed by atoms with Crippen molar-refractivity contribution in [1.82, 2.24) is 4.98 Å². The number of aromatic nitrogens is 1. The van der Waals surface area contributed by atoms with E-state index in [1.807, 2.05) is 62.1 Å². The van der Waals surface area contributed by atoms with E-state index in [0.29, 0.717) is 36.4 Å². The van der Waals surface area contributed by atoms with Gasteiger partial charge >= 0.3 is 0 Å². The quantitative estimate of drug-likeness (QED) is 0.479. The molecule has 0 bridgehead atoms. The third kappa shape index (κ3) is 4.49. The molecule has 2 aliphatic rings. The van der Waals surface area contributed by atoms with Crippen molar-refractivity contribution >= 4 is 11.5 Å². The highest BCUT2D eigenvalue weighted by Crippen LogP contribution is 2.47. The lowest BCUT2D eigenvalue weighted by Crippen LogP contribution is -2.39. The topological polar surface area (TPSA) is 92.2 Å². The van der Waals surface area contributed by atoms with Crippen molar-refractivity contribution < 1.29 is 9.53 Å². The smallest absolute Gasteiger partial charge is 0.161 e. The Bertz CT molecular complexity index is 1460. The molecule has 37 heavy (non-hydrogen) atoms. The van der Waals surface area contributed by atoms with Gasteiger partial charge in [0.1, 0.15) is 18.2 Å². The van der Waals surface area contributed by atoms with E-state index in [1.165, 1.54) is 5.56 Å². The van der Waals surface area contributed by atoms with Gasteiger partial charge in [-0.2, -0.15) is 5.26 Å². The molecule has 1 aliphatic carbocycles. The fourth-order valence-corrected chi connectivity index (χ4v) is 5.39. The molecule has 0 radical (unpaired) electrons. The number of rotatable bonds is 5. The summed E-state index contributed by atoms with van der Waals surface area (Å²) in [5.74, 6) is 0.706. The Hall–Kier alpha value is -4.37. The summed E-state index contributed by atoms with van der Waals surface area (Å²) in [6.45, 7) is 6.50. The Morgan fingerprint density at radius 2 is 1.89 bits per heavy atom. The lowest BCUT2D eigenvalue weighted by Gasteiger charge is -2.40. The summed E-state index contributed by atoms with van der Waals surface area (Å²) in [6.07, 6.45) is 5.32. The number of nitriles is 1. The number of allylic oxidation sites excluding steroid dienone is 3. The molecule has 0 amide bonds. The van der Waals surface area contributed by atoms with Gasteiger partial charge in [-0.1, -0.05) is 35.4 Å². The Balaban J connectivity index is 1.62. The monoisotopic (exact) mass is 490 g/mol. The maximum atomic E-state index is 13.5. The number of Topliss-reactive ketones (excluding diaryl/α,β-unsaturated/α-hetero) is 1. The minimum absolute atomic E-state index is 0.0683. The number of pyridine rings is 1. The van der Waals surface area contributed by atoms with E-state index in [-0.39, 0.29) is 5.78 Å². The van der Waals surface area contributed by atoms with Crippen molar-refractivity contribution in [2.75, 3.05) is 4.90 Å². The van der Waals surface area contributed by atoms with Gasteiger partial charge in [-0.15, -0.1) is 0 Å². The maximum absolute atomic E-state index is 13.5. The van der Waals surface area contributed by atoms with Crippen LogP contribution in [0.5, 0.6) is 5.75 Å². The van der Waals surface area contributed by atoms with Crippen LogP contribution in [0.25, 0.3) is 0 Å². The molecule has 6 heteroatoms. The second kappa shape index (κ2) is 9.94. The third-order valence-corrected chi connectivity index (χ3v) is 7.24. The Morgan fingerprint density at radius 3 is 2.59 bits per heavy atom. The molecule has 0 fully saturated rings. The molecule has 2 aromatic carbocycles. The van der Waals surface area contributed by atoms with Crippen LogP contribution in [0.2, 0.25) is 0 Å². The Morgan fingerprint density at radius 1 is 1.11 bits per heavy atom. The highest BCUT2D eigenvalue weighted by molar-refractivity contribution is 6.01. The number of anilines is 1. The zero-order valence-electron chi connectivity index (χ0n) is 21.4. The molecule has 0 saturated carbocycles. The van der Waals surface area contributed by atoms with Gasteiger partial charge in [-0.25, -0.2) is 0 Å². The van der Waals surface area contributed by atoms with Crippen LogP contribution < -0.4 is 15.4 Å². The van der Waals surface area contributed by atoms with Crippen molar-refractivity contribution in [2.24, 2.45) is 5.73 Å². The van der Waals surface area contributed by atoms with E-state index in [9.17, 15) is 10.1 Å². The van der Waals surface area contributed by atoms with Crippen molar-refractivity contribution in [2.45, 2.75) is 52.6 Å². The summed E-state index contributed by atoms with van der Waals surface area (Å²) < 4.78 is 6.11. The number of hydrogen-bond donors (Lipinski definition) is 1. The van der Waals surface area contributed by atoms with Gasteiger partial charge in [0.15, 0.2) is 5.78 Å². The van der Waals surface area contributed by atoms with Gasteiger partial charge in [0.25, 0.3) is 0 Å². The van der Waals surface area contributed by atoms with E-state index < -0.39 is 5.92 Å². The number of nitrogens with zero attached hydrogens (tertiary/aromatic N) is 3. The van der Waals surface area contributed by atoms with Crippen LogP contribution in [0.1, 0.15) is 53.0 Å². The van der Waals surface area contributed by atoms with E-state index in [1.54, 1.807) is 12.4 Å². The largest absolute Gasteiger partial charge is 0.489 e. The normalized spacial score (nSPS) is 17.5. The fourth-order valence-electron chi connectivity index (χ4n) is 5.39. The highest BCUT2D eigenvalue weighted by Gasteiger charge is 2.41. The van der Waals surface area contributed by atoms with E-state index >= 15 is 0 Å². The minimum Gasteiger partial charge on any atom is -0.489 e. The first-order chi connectivity index (χ1) is 17.9. The van der Waals surface area contributed by atoms with Gasteiger partial charge < -0.3 is 10.5 Å². The first kappa shape index (κ1) is 24.3. The van der Waals surface area contributed by atoms with Crippen LogP contribution in [0.15, 0.2) is 83.6 Å². The fraction of sp³-hybridized carbons (Fsp3) is 0.258. The minimum atomic E-state index is -0.515. The molecule has 1 unspecified atom stereocenters. The second-order valence-corrected chi connectivity index (χ2v) is 9.77. The molecule has 3 aromatic rings. The van der Waals surface area contributed by atoms with Crippen LogP contribution in [0.3, 0.4) is 0 Å². The second-order valence-electron chi connectivity index (χ2n) is 9.77. The molecular weight excluding hydrogens is 460 g/mol. The number of benzene rings is 2. The number of ether oxygens (including phenoxy) is 1. The molecule has 6 nitrogen and oxygen atoms in total. The molecule has 0 saturated heterocycles. The summed E-state index contributed by atoms with van der Waals surface area (Å²) in [5, 5.41) is 10.3. The number of aryl methyl sites for hydroxylation is 2. The first-order valence-electron chi connectivity index (χ1n) is 12.5. The summed E-state index contributed by atoms with van der Waals surface area (Å²) in [5.41, 5.74) is 14.5. The summed E-state index contributed by atoms with van der Waals surface area (Å²) in [7, 11) is 0. The predicted molar refractivity (Wildman–Crippen MR) is 144 cm³/mol. The molecule has 1 atom stereocenters. The van der Waals surface area contributed by atoms with Crippen LogP contribution in [0, 0.1) is 32.1 Å². The van der Waals surface area contributed by atoms with Gasteiger partial charge in [-0.05, 0) is 74.6 Å². The van der Waals surface area contributed by atoms with Crippen molar-refractivity contribution in [1.29, 1.82) is 5.26 Å².